The largest absolute Gasteiger partial charge is 0.383 e. The van der Waals surface area contributed by atoms with Crippen molar-refractivity contribution in [3.8, 4) is 0 Å². The zero-order chi connectivity index (χ0) is 17.8. The molecule has 25 heavy (non-hydrogen) atoms. The molecule has 3 rings (SSSR count). The molecule has 1 amide bonds. The fraction of sp³-hybridized carbons (Fsp3) is 0.650. The molecule has 2 N–H and O–H groups in total. The van der Waals surface area contributed by atoms with Gasteiger partial charge in [-0.3, -0.25) is 9.69 Å². The highest BCUT2D eigenvalue weighted by atomic mass is 16.5. The summed E-state index contributed by atoms with van der Waals surface area (Å²) in [5.74, 6) is 0.129. The van der Waals surface area contributed by atoms with Crippen LogP contribution in [0, 0.1) is 0 Å². The van der Waals surface area contributed by atoms with E-state index in [1.54, 1.807) is 7.11 Å². The van der Waals surface area contributed by atoms with Gasteiger partial charge < -0.3 is 15.4 Å². The lowest BCUT2D eigenvalue weighted by atomic mass is 10.1. The third-order valence-corrected chi connectivity index (χ3v) is 5.43. The van der Waals surface area contributed by atoms with Crippen molar-refractivity contribution >= 4 is 5.91 Å². The Labute approximate surface area is 151 Å². The van der Waals surface area contributed by atoms with Crippen LogP contribution in [0.2, 0.25) is 0 Å². The van der Waals surface area contributed by atoms with Crippen molar-refractivity contribution in [1.82, 2.24) is 15.5 Å². The molecule has 1 aliphatic carbocycles. The van der Waals surface area contributed by atoms with Gasteiger partial charge in [-0.1, -0.05) is 24.3 Å². The molecule has 1 saturated heterocycles. The molecule has 5 heteroatoms. The summed E-state index contributed by atoms with van der Waals surface area (Å²) in [5, 5.41) is 6.82. The number of hydrogen-bond donors (Lipinski definition) is 2. The number of methoxy groups -OCH3 is 1. The number of carbonyl (C=O) groups excluding carboxylic acids is 1. The van der Waals surface area contributed by atoms with E-state index in [1.807, 2.05) is 0 Å². The summed E-state index contributed by atoms with van der Waals surface area (Å²) in [7, 11) is 1.65. The Balaban J connectivity index is 1.56. The van der Waals surface area contributed by atoms with Crippen LogP contribution in [0.25, 0.3) is 0 Å². The van der Waals surface area contributed by atoms with Crippen LogP contribution in [0.1, 0.15) is 31.4 Å². The maximum absolute atomic E-state index is 12.6. The average Bonchev–Trinajstić information content (AvgIpc) is 3.18. The third-order valence-electron chi connectivity index (χ3n) is 5.43. The number of amides is 1. The van der Waals surface area contributed by atoms with E-state index in [2.05, 4.69) is 53.6 Å². The van der Waals surface area contributed by atoms with Crippen molar-refractivity contribution in [3.63, 3.8) is 0 Å². The minimum absolute atomic E-state index is 0.0434. The minimum atomic E-state index is -0.0434. The summed E-state index contributed by atoms with van der Waals surface area (Å²) in [6.07, 6.45) is 3.07. The van der Waals surface area contributed by atoms with Gasteiger partial charge in [-0.15, -0.1) is 0 Å². The van der Waals surface area contributed by atoms with Crippen molar-refractivity contribution in [3.05, 3.63) is 35.4 Å². The molecular formula is C20H31N3O2. The lowest BCUT2D eigenvalue weighted by molar-refractivity contribution is -0.126. The third kappa shape index (κ3) is 4.40. The first kappa shape index (κ1) is 18.4. The van der Waals surface area contributed by atoms with Crippen molar-refractivity contribution in [2.24, 2.45) is 0 Å². The number of ether oxygens (including phenoxy) is 1. The number of hydrogen-bond acceptors (Lipinski definition) is 4. The number of nitrogens with zero attached hydrogens (tertiary/aromatic N) is 1. The van der Waals surface area contributed by atoms with E-state index >= 15 is 0 Å². The van der Waals surface area contributed by atoms with Crippen LogP contribution in [-0.2, 0) is 22.4 Å². The van der Waals surface area contributed by atoms with Gasteiger partial charge in [0.25, 0.3) is 0 Å². The van der Waals surface area contributed by atoms with Gasteiger partial charge in [0, 0.05) is 38.3 Å². The van der Waals surface area contributed by atoms with E-state index in [9.17, 15) is 4.79 Å². The van der Waals surface area contributed by atoms with Gasteiger partial charge in [0.15, 0.2) is 0 Å². The van der Waals surface area contributed by atoms with E-state index in [1.165, 1.54) is 11.1 Å². The topological polar surface area (TPSA) is 53.6 Å². The van der Waals surface area contributed by atoms with Gasteiger partial charge in [0.05, 0.1) is 12.6 Å². The molecule has 0 saturated carbocycles. The molecular weight excluding hydrogens is 314 g/mol. The zero-order valence-electron chi connectivity index (χ0n) is 15.6. The molecule has 1 aromatic rings. The molecule has 2 atom stereocenters. The molecule has 1 heterocycles. The Morgan fingerprint density at radius 1 is 1.24 bits per heavy atom. The predicted octanol–water partition coefficient (Wildman–Crippen LogP) is 1.36. The Morgan fingerprint density at radius 2 is 1.92 bits per heavy atom. The van der Waals surface area contributed by atoms with Gasteiger partial charge in [0.2, 0.25) is 5.91 Å². The molecule has 5 nitrogen and oxygen atoms in total. The van der Waals surface area contributed by atoms with Gasteiger partial charge in [-0.2, -0.15) is 0 Å². The zero-order valence-corrected chi connectivity index (χ0v) is 15.6. The van der Waals surface area contributed by atoms with Gasteiger partial charge in [-0.25, -0.2) is 0 Å². The highest BCUT2D eigenvalue weighted by Crippen LogP contribution is 2.25. The number of rotatable bonds is 7. The first-order valence-electron chi connectivity index (χ1n) is 9.43. The smallest absolute Gasteiger partial charge is 0.237 e. The highest BCUT2D eigenvalue weighted by molar-refractivity contribution is 5.82. The molecule has 1 aliphatic heterocycles. The number of benzene rings is 1. The lowest BCUT2D eigenvalue weighted by Crippen LogP contribution is -2.46. The molecule has 0 unspecified atom stereocenters. The molecule has 0 bridgehead atoms. The number of likely N-dealkylation sites (tertiary alicyclic amines) is 1. The van der Waals surface area contributed by atoms with Crippen LogP contribution in [0.3, 0.4) is 0 Å². The van der Waals surface area contributed by atoms with Crippen molar-refractivity contribution < 1.29 is 9.53 Å². The van der Waals surface area contributed by atoms with Gasteiger partial charge in [0.1, 0.15) is 0 Å². The lowest BCUT2D eigenvalue weighted by Gasteiger charge is -2.27. The summed E-state index contributed by atoms with van der Waals surface area (Å²) < 4.78 is 5.03. The van der Waals surface area contributed by atoms with Crippen molar-refractivity contribution in [1.29, 1.82) is 0 Å². The second-order valence-corrected chi connectivity index (χ2v) is 7.56. The molecule has 0 aromatic heterocycles. The van der Waals surface area contributed by atoms with Crippen molar-refractivity contribution in [2.75, 3.05) is 26.8 Å². The number of carbonyl (C=O) groups is 1. The van der Waals surface area contributed by atoms with Crippen LogP contribution in [0.5, 0.6) is 0 Å². The average molecular weight is 345 g/mol. The summed E-state index contributed by atoms with van der Waals surface area (Å²) >= 11 is 0. The van der Waals surface area contributed by atoms with Crippen LogP contribution >= 0.6 is 0 Å². The Morgan fingerprint density at radius 3 is 2.52 bits per heavy atom. The SMILES string of the molecule is COCCNC(=O)[C@@H]1C[C@@H](NC2Cc3ccccc3C2)CN1C(C)C. The van der Waals surface area contributed by atoms with Crippen molar-refractivity contribution in [2.45, 2.75) is 57.3 Å². The fourth-order valence-electron chi connectivity index (χ4n) is 4.21. The van der Waals surface area contributed by atoms with E-state index in [4.69, 9.17) is 4.74 Å². The van der Waals surface area contributed by atoms with E-state index in [-0.39, 0.29) is 11.9 Å². The van der Waals surface area contributed by atoms with Crippen LogP contribution in [0.15, 0.2) is 24.3 Å². The maximum atomic E-state index is 12.6. The van der Waals surface area contributed by atoms with Crippen LogP contribution < -0.4 is 10.6 Å². The minimum Gasteiger partial charge on any atom is -0.383 e. The number of fused-ring (bicyclic) bond motifs is 1. The normalized spacial score (nSPS) is 24.0. The predicted molar refractivity (Wildman–Crippen MR) is 99.7 cm³/mol. The van der Waals surface area contributed by atoms with E-state index in [0.717, 1.165) is 25.8 Å². The summed E-state index contributed by atoms with van der Waals surface area (Å²) in [6.45, 7) is 6.41. The second-order valence-electron chi connectivity index (χ2n) is 7.56. The Bertz CT molecular complexity index is 565. The van der Waals surface area contributed by atoms with Gasteiger partial charge >= 0.3 is 0 Å². The van der Waals surface area contributed by atoms with Crippen LogP contribution in [-0.4, -0.2) is 61.8 Å². The summed E-state index contributed by atoms with van der Waals surface area (Å²) in [5.41, 5.74) is 2.93. The first-order chi connectivity index (χ1) is 12.1. The number of nitrogens with one attached hydrogen (secondary N) is 2. The Kier molecular flexibility index (Phi) is 6.10. The monoisotopic (exact) mass is 345 g/mol. The summed E-state index contributed by atoms with van der Waals surface area (Å²) in [4.78, 5) is 14.9. The van der Waals surface area contributed by atoms with Gasteiger partial charge in [-0.05, 0) is 44.2 Å². The summed E-state index contributed by atoms with van der Waals surface area (Å²) in [6, 6.07) is 9.90. The molecule has 138 valence electrons. The fourth-order valence-corrected chi connectivity index (χ4v) is 4.21. The molecule has 1 fully saturated rings. The Hall–Kier alpha value is -1.43. The first-order valence-corrected chi connectivity index (χ1v) is 9.43. The quantitative estimate of drug-likeness (QED) is 0.733. The molecule has 0 radical (unpaired) electrons. The molecule has 0 spiro atoms. The molecule has 1 aromatic carbocycles. The van der Waals surface area contributed by atoms with Crippen LogP contribution in [0.4, 0.5) is 0 Å². The molecule has 2 aliphatic rings. The standard InChI is InChI=1S/C20H31N3O2/c1-14(2)23-13-18(12-19(23)20(24)21-8-9-25-3)22-17-10-15-6-4-5-7-16(15)11-17/h4-7,14,17-19,22H,8-13H2,1-3H3,(H,21,24)/t18-,19+/m1/s1. The second kappa shape index (κ2) is 8.30. The van der Waals surface area contributed by atoms with E-state index in [0.29, 0.717) is 31.3 Å². The van der Waals surface area contributed by atoms with E-state index < -0.39 is 0 Å². The maximum Gasteiger partial charge on any atom is 0.237 e. The highest BCUT2D eigenvalue weighted by Gasteiger charge is 2.39.